The first-order valence-corrected chi connectivity index (χ1v) is 6.33. The van der Waals surface area contributed by atoms with E-state index in [9.17, 15) is 14.7 Å². The first-order valence-electron chi connectivity index (χ1n) is 6.33. The fourth-order valence-electron chi connectivity index (χ4n) is 1.41. The quantitative estimate of drug-likeness (QED) is 0.701. The standard InChI is InChI=1S/C14H17N3O4/c1-3-21-12(18)14(2,20)9-16-13(19)17-11-6-4-10(8-15)5-7-11/h4-7,20H,3,9H2,1-2H3,(H2,16,17,19)/t14-/m1/s1. The number of nitrogens with one attached hydrogen (secondary N) is 2. The molecule has 0 saturated heterocycles. The number of amides is 2. The van der Waals surface area contributed by atoms with Crippen molar-refractivity contribution in [1.29, 1.82) is 5.26 Å². The SMILES string of the molecule is CCOC(=O)[C@](C)(O)CNC(=O)Nc1ccc(C#N)cc1. The third-order valence-electron chi connectivity index (χ3n) is 2.58. The van der Waals surface area contributed by atoms with Crippen molar-refractivity contribution in [3.8, 4) is 6.07 Å². The Labute approximate surface area is 122 Å². The van der Waals surface area contributed by atoms with E-state index in [-0.39, 0.29) is 13.2 Å². The van der Waals surface area contributed by atoms with Crippen LogP contribution in [0.3, 0.4) is 0 Å². The van der Waals surface area contributed by atoms with Gasteiger partial charge >= 0.3 is 12.0 Å². The molecule has 0 radical (unpaired) electrons. The summed E-state index contributed by atoms with van der Waals surface area (Å²) in [5.74, 6) is -0.802. The summed E-state index contributed by atoms with van der Waals surface area (Å²) < 4.78 is 4.69. The maximum absolute atomic E-state index is 11.6. The van der Waals surface area contributed by atoms with E-state index in [1.54, 1.807) is 31.2 Å². The number of anilines is 1. The molecule has 0 aliphatic carbocycles. The Morgan fingerprint density at radius 1 is 1.38 bits per heavy atom. The summed E-state index contributed by atoms with van der Waals surface area (Å²) in [6.45, 7) is 2.74. The predicted molar refractivity (Wildman–Crippen MR) is 75.4 cm³/mol. The molecule has 0 saturated carbocycles. The van der Waals surface area contributed by atoms with E-state index >= 15 is 0 Å². The fourth-order valence-corrected chi connectivity index (χ4v) is 1.41. The van der Waals surface area contributed by atoms with Crippen LogP contribution in [-0.4, -0.2) is 35.9 Å². The summed E-state index contributed by atoms with van der Waals surface area (Å²) in [5, 5.41) is 23.4. The number of esters is 1. The van der Waals surface area contributed by atoms with E-state index in [2.05, 4.69) is 10.6 Å². The zero-order chi connectivity index (χ0) is 15.9. The maximum Gasteiger partial charge on any atom is 0.339 e. The first kappa shape index (κ1) is 16.5. The number of carbonyl (C=O) groups is 2. The van der Waals surface area contributed by atoms with Crippen molar-refractivity contribution in [2.24, 2.45) is 0 Å². The topological polar surface area (TPSA) is 111 Å². The maximum atomic E-state index is 11.6. The average molecular weight is 291 g/mol. The number of aliphatic hydroxyl groups is 1. The Balaban J connectivity index is 2.50. The van der Waals surface area contributed by atoms with Crippen molar-refractivity contribution >= 4 is 17.7 Å². The van der Waals surface area contributed by atoms with E-state index in [0.717, 1.165) is 0 Å². The largest absolute Gasteiger partial charge is 0.464 e. The number of nitrogens with zero attached hydrogens (tertiary/aromatic N) is 1. The molecule has 7 heteroatoms. The van der Waals surface area contributed by atoms with Gasteiger partial charge in [-0.1, -0.05) is 0 Å². The Morgan fingerprint density at radius 3 is 2.52 bits per heavy atom. The summed E-state index contributed by atoms with van der Waals surface area (Å²) in [5.41, 5.74) is -0.827. The minimum atomic E-state index is -1.79. The molecular formula is C14H17N3O4. The number of carbonyl (C=O) groups excluding carboxylic acids is 2. The number of ether oxygens (including phenoxy) is 1. The van der Waals surface area contributed by atoms with Crippen LogP contribution >= 0.6 is 0 Å². The van der Waals surface area contributed by atoms with Crippen LogP contribution in [-0.2, 0) is 9.53 Å². The monoisotopic (exact) mass is 291 g/mol. The van der Waals surface area contributed by atoms with Gasteiger partial charge in [-0.3, -0.25) is 0 Å². The number of hydrogen-bond acceptors (Lipinski definition) is 5. The summed E-state index contributed by atoms with van der Waals surface area (Å²) in [7, 11) is 0. The molecule has 1 rings (SSSR count). The lowest BCUT2D eigenvalue weighted by Crippen LogP contribution is -2.48. The van der Waals surface area contributed by atoms with Gasteiger partial charge in [-0.2, -0.15) is 5.26 Å². The smallest absolute Gasteiger partial charge is 0.339 e. The molecule has 0 aliphatic rings. The Bertz CT molecular complexity index is 546. The summed E-state index contributed by atoms with van der Waals surface area (Å²) in [6, 6.07) is 7.65. The van der Waals surface area contributed by atoms with Crippen LogP contribution in [0.1, 0.15) is 19.4 Å². The van der Waals surface area contributed by atoms with Crippen LogP contribution in [0.5, 0.6) is 0 Å². The van der Waals surface area contributed by atoms with Gasteiger partial charge in [0.05, 0.1) is 24.8 Å². The zero-order valence-corrected chi connectivity index (χ0v) is 11.8. The van der Waals surface area contributed by atoms with E-state index in [4.69, 9.17) is 10.00 Å². The highest BCUT2D eigenvalue weighted by atomic mass is 16.5. The van der Waals surface area contributed by atoms with Crippen molar-refractivity contribution in [3.63, 3.8) is 0 Å². The highest BCUT2D eigenvalue weighted by molar-refractivity contribution is 5.90. The highest BCUT2D eigenvalue weighted by Crippen LogP contribution is 2.09. The van der Waals surface area contributed by atoms with Crippen LogP contribution in [0, 0.1) is 11.3 Å². The van der Waals surface area contributed by atoms with Gasteiger partial charge in [-0.25, -0.2) is 9.59 Å². The van der Waals surface area contributed by atoms with Gasteiger partial charge in [0.2, 0.25) is 0 Å². The van der Waals surface area contributed by atoms with Crippen LogP contribution in [0.15, 0.2) is 24.3 Å². The number of nitriles is 1. The summed E-state index contributed by atoms with van der Waals surface area (Å²) in [4.78, 5) is 23.1. The molecule has 21 heavy (non-hydrogen) atoms. The number of benzene rings is 1. The second-order valence-corrected chi connectivity index (χ2v) is 4.49. The van der Waals surface area contributed by atoms with Crippen LogP contribution in [0.4, 0.5) is 10.5 Å². The lowest BCUT2D eigenvalue weighted by Gasteiger charge is -2.21. The van der Waals surface area contributed by atoms with Crippen molar-refractivity contribution < 1.29 is 19.4 Å². The van der Waals surface area contributed by atoms with Gasteiger partial charge < -0.3 is 20.5 Å². The molecule has 1 atom stereocenters. The van der Waals surface area contributed by atoms with Crippen molar-refractivity contribution in [3.05, 3.63) is 29.8 Å². The molecule has 1 aromatic carbocycles. The van der Waals surface area contributed by atoms with Crippen LogP contribution in [0.25, 0.3) is 0 Å². The minimum Gasteiger partial charge on any atom is -0.464 e. The molecule has 0 aromatic heterocycles. The fraction of sp³-hybridized carbons (Fsp3) is 0.357. The third kappa shape index (κ3) is 5.12. The zero-order valence-electron chi connectivity index (χ0n) is 11.8. The lowest BCUT2D eigenvalue weighted by atomic mass is 10.1. The van der Waals surface area contributed by atoms with Gasteiger partial charge in [0.25, 0.3) is 0 Å². The van der Waals surface area contributed by atoms with E-state index in [1.807, 2.05) is 6.07 Å². The van der Waals surface area contributed by atoms with Crippen molar-refractivity contribution in [1.82, 2.24) is 5.32 Å². The molecule has 7 nitrogen and oxygen atoms in total. The van der Waals surface area contributed by atoms with Crippen LogP contribution < -0.4 is 10.6 Å². The second kappa shape index (κ2) is 7.26. The summed E-state index contributed by atoms with van der Waals surface area (Å²) >= 11 is 0. The molecule has 0 spiro atoms. The molecule has 0 bridgehead atoms. The number of hydrogen-bond donors (Lipinski definition) is 3. The van der Waals surface area contributed by atoms with Crippen molar-refractivity contribution in [2.45, 2.75) is 19.4 Å². The first-order chi connectivity index (χ1) is 9.89. The van der Waals surface area contributed by atoms with E-state index < -0.39 is 17.6 Å². The summed E-state index contributed by atoms with van der Waals surface area (Å²) in [6.07, 6.45) is 0. The molecule has 0 fully saturated rings. The van der Waals surface area contributed by atoms with Gasteiger partial charge in [-0.15, -0.1) is 0 Å². The number of rotatable bonds is 5. The second-order valence-electron chi connectivity index (χ2n) is 4.49. The normalized spacial score (nSPS) is 12.7. The molecule has 0 heterocycles. The highest BCUT2D eigenvalue weighted by Gasteiger charge is 2.32. The molecule has 2 amide bonds. The van der Waals surface area contributed by atoms with Gasteiger partial charge in [0, 0.05) is 5.69 Å². The van der Waals surface area contributed by atoms with Gasteiger partial charge in [0.1, 0.15) is 0 Å². The Hall–Kier alpha value is -2.59. The van der Waals surface area contributed by atoms with Crippen molar-refractivity contribution in [2.75, 3.05) is 18.5 Å². The Kier molecular flexibility index (Phi) is 5.69. The third-order valence-corrected chi connectivity index (χ3v) is 2.58. The predicted octanol–water partition coefficient (Wildman–Crippen LogP) is 0.994. The van der Waals surface area contributed by atoms with E-state index in [1.165, 1.54) is 6.92 Å². The Morgan fingerprint density at radius 2 is 2.00 bits per heavy atom. The average Bonchev–Trinajstić information content (AvgIpc) is 2.46. The molecule has 0 aliphatic heterocycles. The molecule has 1 aromatic rings. The number of urea groups is 1. The molecule has 0 unspecified atom stereocenters. The van der Waals surface area contributed by atoms with Crippen LogP contribution in [0.2, 0.25) is 0 Å². The molecule has 112 valence electrons. The minimum absolute atomic E-state index is 0.145. The molecular weight excluding hydrogens is 274 g/mol. The lowest BCUT2D eigenvalue weighted by molar-refractivity contribution is -0.162. The van der Waals surface area contributed by atoms with Gasteiger partial charge in [0.15, 0.2) is 5.60 Å². The van der Waals surface area contributed by atoms with E-state index in [0.29, 0.717) is 11.3 Å². The molecule has 3 N–H and O–H groups in total. The van der Waals surface area contributed by atoms with Gasteiger partial charge in [-0.05, 0) is 38.1 Å².